The molecule has 0 heterocycles. The smallest absolute Gasteiger partial charge is 0.807 e. The van der Waals surface area contributed by atoms with Gasteiger partial charge in [0.05, 0.1) is 0 Å². The van der Waals surface area contributed by atoms with Gasteiger partial charge in [-0.25, -0.2) is 0 Å². The van der Waals surface area contributed by atoms with Crippen molar-refractivity contribution in [1.82, 2.24) is 0 Å². The molecule has 6 heteroatoms. The Kier molecular flexibility index (Phi) is 7.61. The van der Waals surface area contributed by atoms with Crippen molar-refractivity contribution in [2.24, 2.45) is 0 Å². The van der Waals surface area contributed by atoms with Gasteiger partial charge in [0.15, 0.2) is 0 Å². The summed E-state index contributed by atoms with van der Waals surface area (Å²) in [5.74, 6) is 0. The average molecular weight is 274 g/mol. The molecule has 0 aromatic heterocycles. The summed E-state index contributed by atoms with van der Waals surface area (Å²) in [6, 6.07) is 12.1. The fourth-order valence-electron chi connectivity index (χ4n) is 1.87. The summed E-state index contributed by atoms with van der Waals surface area (Å²) in [7, 11) is -4.65. The van der Waals surface area contributed by atoms with Crippen molar-refractivity contribution in [3.05, 3.63) is 53.6 Å². The molecule has 2 aromatic carbocycles. The summed E-state index contributed by atoms with van der Waals surface area (Å²) in [5.41, 5.74) is 4.21. The molecule has 0 unspecified atom stereocenters. The zero-order valence-electron chi connectivity index (χ0n) is 12.2. The van der Waals surface area contributed by atoms with Crippen LogP contribution in [0.2, 0.25) is 0 Å². The third kappa shape index (κ3) is 4.66. The van der Waals surface area contributed by atoms with E-state index >= 15 is 0 Å². The van der Waals surface area contributed by atoms with E-state index in [1.807, 2.05) is 32.0 Å². The van der Waals surface area contributed by atoms with Crippen molar-refractivity contribution < 1.29 is 52.1 Å². The second kappa shape index (κ2) is 7.70. The van der Waals surface area contributed by atoms with Crippen molar-refractivity contribution in [1.29, 1.82) is 0 Å². The van der Waals surface area contributed by atoms with Gasteiger partial charge in [-0.1, -0.05) is 48.0 Å². The first kappa shape index (κ1) is 19.8. The minimum Gasteiger partial charge on any atom is -0.807 e. The van der Waals surface area contributed by atoms with Gasteiger partial charge in [0.1, 0.15) is 0 Å². The largest absolute Gasteiger partial charge is 1.00 e. The van der Waals surface area contributed by atoms with E-state index in [-0.39, 0.29) is 43.0 Å². The van der Waals surface area contributed by atoms with E-state index in [2.05, 4.69) is 0 Å². The van der Waals surface area contributed by atoms with Crippen LogP contribution in [-0.2, 0) is 4.57 Å². The van der Waals surface area contributed by atoms with Gasteiger partial charge in [-0.05, 0) is 43.4 Å². The molecule has 0 aliphatic heterocycles. The Morgan fingerprint density at radius 2 is 1.45 bits per heavy atom. The molecule has 0 bridgehead atoms. The number of benzene rings is 2. The van der Waals surface area contributed by atoms with Crippen LogP contribution < -0.4 is 52.8 Å². The number of hydrogen-bond donors (Lipinski definition) is 0. The van der Waals surface area contributed by atoms with Gasteiger partial charge in [0, 0.05) is 0 Å². The molecular formula is C14H13Li2O3P. The minimum atomic E-state index is -4.65. The number of hydrogen-bond acceptors (Lipinski definition) is 3. The predicted molar refractivity (Wildman–Crippen MR) is 68.6 cm³/mol. The molecule has 3 nitrogen and oxygen atoms in total. The monoisotopic (exact) mass is 274 g/mol. The van der Waals surface area contributed by atoms with E-state index in [0.29, 0.717) is 0 Å². The fourth-order valence-corrected chi connectivity index (χ4v) is 2.38. The molecule has 2 rings (SSSR count). The second-order valence-corrected chi connectivity index (χ2v) is 5.87. The summed E-state index contributed by atoms with van der Waals surface area (Å²) >= 11 is 0. The predicted octanol–water partition coefficient (Wildman–Crippen LogP) is -4.48. The summed E-state index contributed by atoms with van der Waals surface area (Å²) in [6.07, 6.45) is 0. The molecule has 0 atom stereocenters. The van der Waals surface area contributed by atoms with E-state index in [0.717, 1.165) is 22.3 Å². The molecular weight excluding hydrogens is 261 g/mol. The molecule has 94 valence electrons. The van der Waals surface area contributed by atoms with Gasteiger partial charge in [-0.15, -0.1) is 0 Å². The Bertz CT molecular complexity index is 621. The standard InChI is InChI=1S/C14H15O3P.2Li/c1-10-3-4-11(2)14(9-10)12-5-7-13(8-6-12)18(15,16)17;;/h3-9H,1-2H3,(H2,15,16,17);;/q;2*+1/p-2. The van der Waals surface area contributed by atoms with Crippen LogP contribution in [-0.4, -0.2) is 0 Å². The maximum atomic E-state index is 10.9. The Morgan fingerprint density at radius 3 is 1.95 bits per heavy atom. The Morgan fingerprint density at radius 1 is 0.900 bits per heavy atom. The van der Waals surface area contributed by atoms with Gasteiger partial charge in [0.25, 0.3) is 0 Å². The summed E-state index contributed by atoms with van der Waals surface area (Å²) in [4.78, 5) is 21.7. The van der Waals surface area contributed by atoms with Gasteiger partial charge in [-0.3, -0.25) is 0 Å². The van der Waals surface area contributed by atoms with Crippen LogP contribution in [0.25, 0.3) is 11.1 Å². The SMILES string of the molecule is Cc1ccc(C)c(-c2ccc(P(=O)([O-])[O-])cc2)c1.[Li+].[Li+]. The Hall–Kier alpha value is -0.215. The minimum absolute atomic E-state index is 0. The molecule has 0 saturated carbocycles. The van der Waals surface area contributed by atoms with Crippen LogP contribution in [0.1, 0.15) is 11.1 Å². The molecule has 2 aromatic rings. The molecule has 20 heavy (non-hydrogen) atoms. The molecule has 0 spiro atoms. The van der Waals surface area contributed by atoms with E-state index in [1.54, 1.807) is 12.1 Å². The molecule has 0 radical (unpaired) electrons. The van der Waals surface area contributed by atoms with Crippen molar-refractivity contribution in [2.45, 2.75) is 13.8 Å². The molecule has 0 fully saturated rings. The van der Waals surface area contributed by atoms with Crippen LogP contribution in [0, 0.1) is 13.8 Å². The van der Waals surface area contributed by atoms with Gasteiger partial charge >= 0.3 is 37.7 Å². The van der Waals surface area contributed by atoms with Crippen LogP contribution >= 0.6 is 7.60 Å². The van der Waals surface area contributed by atoms with Crippen molar-refractivity contribution >= 4 is 12.9 Å². The van der Waals surface area contributed by atoms with E-state index in [9.17, 15) is 14.4 Å². The maximum absolute atomic E-state index is 10.9. The molecule has 0 saturated heterocycles. The van der Waals surface area contributed by atoms with Crippen LogP contribution in [0.5, 0.6) is 0 Å². The van der Waals surface area contributed by atoms with Gasteiger partial charge in [0.2, 0.25) is 0 Å². The third-order valence-electron chi connectivity index (χ3n) is 2.89. The number of aryl methyl sites for hydroxylation is 2. The van der Waals surface area contributed by atoms with Gasteiger partial charge in [-0.2, -0.15) is 0 Å². The Balaban J connectivity index is 0.00000180. The van der Waals surface area contributed by atoms with Crippen molar-refractivity contribution in [3.8, 4) is 11.1 Å². The van der Waals surface area contributed by atoms with E-state index in [4.69, 9.17) is 0 Å². The zero-order chi connectivity index (χ0) is 13.3. The first-order valence-electron chi connectivity index (χ1n) is 5.58. The average Bonchev–Trinajstić information content (AvgIpc) is 2.31. The Labute approximate surface area is 143 Å². The zero-order valence-corrected chi connectivity index (χ0v) is 13.1. The first-order chi connectivity index (χ1) is 8.38. The molecule has 0 aliphatic carbocycles. The second-order valence-electron chi connectivity index (χ2n) is 4.36. The molecule has 0 N–H and O–H groups in total. The number of rotatable bonds is 2. The summed E-state index contributed by atoms with van der Waals surface area (Å²) in [6.45, 7) is 4.00. The maximum Gasteiger partial charge on any atom is 1.00 e. The summed E-state index contributed by atoms with van der Waals surface area (Å²) in [5, 5.41) is -0.170. The topological polar surface area (TPSA) is 63.2 Å². The quantitative estimate of drug-likeness (QED) is 0.410. The normalized spacial score (nSPS) is 10.4. The van der Waals surface area contributed by atoms with Crippen LogP contribution in [0.15, 0.2) is 42.5 Å². The van der Waals surface area contributed by atoms with Crippen molar-refractivity contribution in [2.75, 3.05) is 0 Å². The van der Waals surface area contributed by atoms with Crippen molar-refractivity contribution in [3.63, 3.8) is 0 Å². The van der Waals surface area contributed by atoms with Crippen LogP contribution in [0.3, 0.4) is 0 Å². The van der Waals surface area contributed by atoms with Crippen LogP contribution in [0.4, 0.5) is 0 Å². The fraction of sp³-hybridized carbons (Fsp3) is 0.143. The molecule has 0 amide bonds. The third-order valence-corrected chi connectivity index (χ3v) is 3.82. The van der Waals surface area contributed by atoms with E-state index in [1.165, 1.54) is 12.1 Å². The summed E-state index contributed by atoms with van der Waals surface area (Å²) < 4.78 is 10.9. The van der Waals surface area contributed by atoms with E-state index < -0.39 is 7.60 Å². The van der Waals surface area contributed by atoms with Gasteiger partial charge < -0.3 is 14.4 Å². The molecule has 0 aliphatic rings. The first-order valence-corrected chi connectivity index (χ1v) is 7.12.